The molecule has 0 aliphatic carbocycles. The third-order valence-electron chi connectivity index (χ3n) is 3.83. The van der Waals surface area contributed by atoms with Gasteiger partial charge in [0.15, 0.2) is 0 Å². The van der Waals surface area contributed by atoms with E-state index in [4.69, 9.17) is 4.74 Å². The van der Waals surface area contributed by atoms with Crippen molar-refractivity contribution in [1.29, 1.82) is 0 Å². The van der Waals surface area contributed by atoms with E-state index < -0.39 is 0 Å². The highest BCUT2D eigenvalue weighted by atomic mass is 16.5. The highest BCUT2D eigenvalue weighted by Crippen LogP contribution is 2.10. The number of unbranched alkanes of at least 4 members (excludes halogenated alkanes) is 10. The van der Waals surface area contributed by atoms with Crippen LogP contribution >= 0.6 is 0 Å². The summed E-state index contributed by atoms with van der Waals surface area (Å²) in [7, 11) is 0. The van der Waals surface area contributed by atoms with Crippen molar-refractivity contribution in [1.82, 2.24) is 5.32 Å². The van der Waals surface area contributed by atoms with Gasteiger partial charge in [-0.3, -0.25) is 0 Å². The fourth-order valence-corrected chi connectivity index (χ4v) is 2.39. The van der Waals surface area contributed by atoms with E-state index in [0.29, 0.717) is 0 Å². The predicted octanol–water partition coefficient (Wildman–Crippen LogP) is 5.83. The minimum atomic E-state index is 0.803. The zero-order chi connectivity index (χ0) is 15.6. The Morgan fingerprint density at radius 1 is 0.762 bits per heavy atom. The van der Waals surface area contributed by atoms with Crippen LogP contribution in [0.15, 0.2) is 12.3 Å². The van der Waals surface area contributed by atoms with Gasteiger partial charge in [-0.15, -0.1) is 0 Å². The third kappa shape index (κ3) is 17.4. The zero-order valence-corrected chi connectivity index (χ0v) is 14.7. The smallest absolute Gasteiger partial charge is 0.103 e. The van der Waals surface area contributed by atoms with E-state index in [1.165, 1.54) is 77.0 Å². The Morgan fingerprint density at radius 3 is 1.86 bits per heavy atom. The number of hydrogen-bond donors (Lipinski definition) is 1. The summed E-state index contributed by atoms with van der Waals surface area (Å²) in [5, 5.41) is 3.35. The average Bonchev–Trinajstić information content (AvgIpc) is 2.49. The monoisotopic (exact) mass is 297 g/mol. The first-order valence-electron chi connectivity index (χ1n) is 9.32. The molecule has 0 saturated heterocycles. The van der Waals surface area contributed by atoms with E-state index in [0.717, 1.165) is 25.5 Å². The molecule has 0 aromatic rings. The van der Waals surface area contributed by atoms with Crippen molar-refractivity contribution in [2.45, 2.75) is 90.9 Å². The van der Waals surface area contributed by atoms with Crippen LogP contribution in [-0.4, -0.2) is 19.7 Å². The van der Waals surface area contributed by atoms with Crippen LogP contribution in [0.4, 0.5) is 0 Å². The molecule has 0 radical (unpaired) electrons. The van der Waals surface area contributed by atoms with E-state index >= 15 is 0 Å². The normalized spacial score (nSPS) is 10.8. The Morgan fingerprint density at radius 2 is 1.29 bits per heavy atom. The molecule has 0 aliphatic rings. The van der Waals surface area contributed by atoms with Gasteiger partial charge in [0, 0.05) is 0 Å². The number of nitrogens with one attached hydrogen (secondary N) is 1. The summed E-state index contributed by atoms with van der Waals surface area (Å²) in [6.07, 6.45) is 16.1. The van der Waals surface area contributed by atoms with Gasteiger partial charge in [0.1, 0.15) is 5.76 Å². The second kappa shape index (κ2) is 17.6. The summed E-state index contributed by atoms with van der Waals surface area (Å²) in [5.41, 5.74) is 0. The van der Waals surface area contributed by atoms with Crippen LogP contribution in [0, 0.1) is 0 Å². The molecule has 0 spiro atoms. The lowest BCUT2D eigenvalue weighted by Gasteiger charge is -2.10. The summed E-state index contributed by atoms with van der Waals surface area (Å²) in [6.45, 7) is 11.1. The van der Waals surface area contributed by atoms with Crippen molar-refractivity contribution in [3.63, 3.8) is 0 Å². The topological polar surface area (TPSA) is 21.3 Å². The predicted molar refractivity (Wildman–Crippen MR) is 94.7 cm³/mol. The van der Waals surface area contributed by atoms with Crippen LogP contribution in [0.2, 0.25) is 0 Å². The Balaban J connectivity index is 3.09. The number of rotatable bonds is 17. The molecule has 0 unspecified atom stereocenters. The van der Waals surface area contributed by atoms with E-state index in [-0.39, 0.29) is 0 Å². The molecule has 0 amide bonds. The molecule has 0 fully saturated rings. The summed E-state index contributed by atoms with van der Waals surface area (Å²) in [5.74, 6) is 0.891. The van der Waals surface area contributed by atoms with Crippen LogP contribution in [0.25, 0.3) is 0 Å². The van der Waals surface area contributed by atoms with Crippen molar-refractivity contribution in [2.24, 2.45) is 0 Å². The third-order valence-corrected chi connectivity index (χ3v) is 3.83. The van der Waals surface area contributed by atoms with Crippen molar-refractivity contribution < 1.29 is 4.74 Å². The quantitative estimate of drug-likeness (QED) is 0.269. The molecule has 0 aromatic heterocycles. The lowest BCUT2D eigenvalue weighted by molar-refractivity contribution is 0.199. The molecule has 0 bridgehead atoms. The van der Waals surface area contributed by atoms with Crippen molar-refractivity contribution >= 4 is 0 Å². The first kappa shape index (κ1) is 20.5. The van der Waals surface area contributed by atoms with E-state index in [9.17, 15) is 0 Å². The highest BCUT2D eigenvalue weighted by Gasteiger charge is 1.96. The van der Waals surface area contributed by atoms with Gasteiger partial charge in [0.05, 0.1) is 13.2 Å². The standard InChI is InChI=1S/C19H39NO/c1-4-6-8-9-10-11-12-13-14-15-17-21-19(3)18-20-16-7-5-2/h20H,3-18H2,1-2H3. The zero-order valence-electron chi connectivity index (χ0n) is 14.7. The maximum absolute atomic E-state index is 5.64. The van der Waals surface area contributed by atoms with Crippen LogP contribution in [0.5, 0.6) is 0 Å². The Labute approximate surface area is 133 Å². The summed E-state index contributed by atoms with van der Waals surface area (Å²) < 4.78 is 5.64. The Bertz CT molecular complexity index is 216. The molecule has 0 heterocycles. The van der Waals surface area contributed by atoms with Gasteiger partial charge in [-0.05, 0) is 19.4 Å². The lowest BCUT2D eigenvalue weighted by Crippen LogP contribution is -2.19. The largest absolute Gasteiger partial charge is 0.497 e. The molecular formula is C19H39NO. The minimum absolute atomic E-state index is 0.803. The van der Waals surface area contributed by atoms with Crippen LogP contribution in [-0.2, 0) is 4.74 Å². The molecule has 126 valence electrons. The van der Waals surface area contributed by atoms with Gasteiger partial charge in [-0.1, -0.05) is 84.6 Å². The fraction of sp³-hybridized carbons (Fsp3) is 0.895. The van der Waals surface area contributed by atoms with Gasteiger partial charge in [0.25, 0.3) is 0 Å². The molecule has 2 heteroatoms. The summed E-state index contributed by atoms with van der Waals surface area (Å²) in [4.78, 5) is 0. The van der Waals surface area contributed by atoms with Crippen molar-refractivity contribution in [3.05, 3.63) is 12.3 Å². The molecule has 0 atom stereocenters. The van der Waals surface area contributed by atoms with Crippen LogP contribution in [0.1, 0.15) is 90.9 Å². The summed E-state index contributed by atoms with van der Waals surface area (Å²) >= 11 is 0. The van der Waals surface area contributed by atoms with E-state index in [1.807, 2.05) is 0 Å². The molecule has 1 N–H and O–H groups in total. The Hall–Kier alpha value is -0.500. The first-order chi connectivity index (χ1) is 10.3. The maximum Gasteiger partial charge on any atom is 0.103 e. The minimum Gasteiger partial charge on any atom is -0.497 e. The molecular weight excluding hydrogens is 258 g/mol. The fourth-order valence-electron chi connectivity index (χ4n) is 2.39. The summed E-state index contributed by atoms with van der Waals surface area (Å²) in [6, 6.07) is 0. The maximum atomic E-state index is 5.64. The lowest BCUT2D eigenvalue weighted by atomic mass is 10.1. The molecule has 21 heavy (non-hydrogen) atoms. The van der Waals surface area contributed by atoms with Crippen molar-refractivity contribution in [3.8, 4) is 0 Å². The SMILES string of the molecule is C=C(CNCCCC)OCCCCCCCCCCCC. The number of hydrogen-bond acceptors (Lipinski definition) is 2. The van der Waals surface area contributed by atoms with E-state index in [1.54, 1.807) is 0 Å². The second-order valence-corrected chi connectivity index (χ2v) is 6.10. The van der Waals surface area contributed by atoms with Crippen LogP contribution in [0.3, 0.4) is 0 Å². The van der Waals surface area contributed by atoms with Gasteiger partial charge < -0.3 is 10.1 Å². The van der Waals surface area contributed by atoms with Gasteiger partial charge >= 0.3 is 0 Å². The molecule has 0 rings (SSSR count). The van der Waals surface area contributed by atoms with E-state index in [2.05, 4.69) is 25.7 Å². The van der Waals surface area contributed by atoms with Crippen LogP contribution < -0.4 is 5.32 Å². The van der Waals surface area contributed by atoms with Gasteiger partial charge in [0.2, 0.25) is 0 Å². The average molecular weight is 298 g/mol. The highest BCUT2D eigenvalue weighted by molar-refractivity contribution is 4.84. The molecule has 0 aliphatic heterocycles. The molecule has 2 nitrogen and oxygen atoms in total. The Kier molecular flexibility index (Phi) is 17.1. The van der Waals surface area contributed by atoms with Crippen molar-refractivity contribution in [2.75, 3.05) is 19.7 Å². The number of ether oxygens (including phenoxy) is 1. The van der Waals surface area contributed by atoms with Gasteiger partial charge in [-0.25, -0.2) is 0 Å². The molecule has 0 saturated carbocycles. The molecule has 0 aromatic carbocycles. The second-order valence-electron chi connectivity index (χ2n) is 6.10. The van der Waals surface area contributed by atoms with Gasteiger partial charge in [-0.2, -0.15) is 0 Å². The first-order valence-corrected chi connectivity index (χ1v) is 9.32.